The Kier molecular flexibility index (Phi) is 8.39. The highest BCUT2D eigenvalue weighted by atomic mass is 16.5. The first-order valence-electron chi connectivity index (χ1n) is 9.83. The summed E-state index contributed by atoms with van der Waals surface area (Å²) in [7, 11) is 0. The largest absolute Gasteiger partial charge is 0.416 e. The standard InChI is InChI=1S/C23H37NO2/c1-8-9-10-11-12-13-14-24-21(25)26-20-16-18(22(2,3)4)15-19(17-20)23(5,6)7/h13-17H,8-12H2,1-7H3,(H,24,25). The number of ether oxygens (including phenoxy) is 1. The van der Waals surface area contributed by atoms with Gasteiger partial charge in [-0.05, 0) is 46.9 Å². The molecule has 0 spiro atoms. The van der Waals surface area contributed by atoms with E-state index in [2.05, 4.69) is 59.8 Å². The number of rotatable bonds is 7. The van der Waals surface area contributed by atoms with Crippen molar-refractivity contribution in [3.05, 3.63) is 41.6 Å². The lowest BCUT2D eigenvalue weighted by Gasteiger charge is -2.25. The lowest BCUT2D eigenvalue weighted by molar-refractivity contribution is 0.204. The van der Waals surface area contributed by atoms with Gasteiger partial charge >= 0.3 is 6.09 Å². The van der Waals surface area contributed by atoms with Crippen molar-refractivity contribution in [2.45, 2.75) is 91.4 Å². The number of benzene rings is 1. The molecule has 0 aromatic heterocycles. The van der Waals surface area contributed by atoms with Crippen molar-refractivity contribution >= 4 is 6.09 Å². The van der Waals surface area contributed by atoms with Crippen LogP contribution >= 0.6 is 0 Å². The van der Waals surface area contributed by atoms with Crippen LogP contribution in [-0.2, 0) is 10.8 Å². The molecule has 1 rings (SSSR count). The van der Waals surface area contributed by atoms with Gasteiger partial charge in [0.2, 0.25) is 0 Å². The van der Waals surface area contributed by atoms with Crippen LogP contribution in [0.4, 0.5) is 4.79 Å². The molecule has 0 saturated heterocycles. The van der Waals surface area contributed by atoms with E-state index in [4.69, 9.17) is 4.74 Å². The number of hydrogen-bond acceptors (Lipinski definition) is 2. The molecule has 0 bridgehead atoms. The van der Waals surface area contributed by atoms with E-state index in [-0.39, 0.29) is 10.8 Å². The van der Waals surface area contributed by atoms with Crippen LogP contribution in [0.25, 0.3) is 0 Å². The van der Waals surface area contributed by atoms with E-state index in [0.717, 1.165) is 12.8 Å². The molecular formula is C23H37NO2. The van der Waals surface area contributed by atoms with E-state index in [1.165, 1.54) is 30.4 Å². The summed E-state index contributed by atoms with van der Waals surface area (Å²) in [5, 5.41) is 2.70. The van der Waals surface area contributed by atoms with Gasteiger partial charge in [0.15, 0.2) is 0 Å². The molecule has 0 saturated carbocycles. The number of carbonyl (C=O) groups is 1. The third-order valence-electron chi connectivity index (χ3n) is 4.39. The molecule has 26 heavy (non-hydrogen) atoms. The molecule has 0 radical (unpaired) electrons. The Labute approximate surface area is 160 Å². The first-order chi connectivity index (χ1) is 12.0. The van der Waals surface area contributed by atoms with Crippen LogP contribution in [0.5, 0.6) is 5.75 Å². The van der Waals surface area contributed by atoms with Gasteiger partial charge in [0.25, 0.3) is 0 Å². The molecule has 1 amide bonds. The lowest BCUT2D eigenvalue weighted by atomic mass is 9.80. The van der Waals surface area contributed by atoms with Crippen LogP contribution in [0.15, 0.2) is 30.5 Å². The third kappa shape index (κ3) is 8.07. The van der Waals surface area contributed by atoms with Crippen LogP contribution in [0.3, 0.4) is 0 Å². The number of allylic oxidation sites excluding steroid dienone is 1. The zero-order chi connectivity index (χ0) is 19.8. The van der Waals surface area contributed by atoms with Gasteiger partial charge in [-0.3, -0.25) is 5.32 Å². The van der Waals surface area contributed by atoms with E-state index >= 15 is 0 Å². The van der Waals surface area contributed by atoms with E-state index in [1.54, 1.807) is 6.20 Å². The fourth-order valence-corrected chi connectivity index (χ4v) is 2.56. The highest BCUT2D eigenvalue weighted by Gasteiger charge is 2.21. The van der Waals surface area contributed by atoms with Crippen molar-refractivity contribution < 1.29 is 9.53 Å². The zero-order valence-corrected chi connectivity index (χ0v) is 17.7. The molecule has 3 heteroatoms. The minimum absolute atomic E-state index is 0.00572. The maximum absolute atomic E-state index is 12.1. The maximum Gasteiger partial charge on any atom is 0.416 e. The van der Waals surface area contributed by atoms with E-state index in [0.29, 0.717) is 5.75 Å². The molecule has 3 nitrogen and oxygen atoms in total. The van der Waals surface area contributed by atoms with Gasteiger partial charge in [-0.25, -0.2) is 4.79 Å². The summed E-state index contributed by atoms with van der Waals surface area (Å²) in [5.41, 5.74) is 2.32. The van der Waals surface area contributed by atoms with Crippen LogP contribution in [0, 0.1) is 0 Å². The van der Waals surface area contributed by atoms with Gasteiger partial charge in [0.05, 0.1) is 0 Å². The fourth-order valence-electron chi connectivity index (χ4n) is 2.56. The summed E-state index contributed by atoms with van der Waals surface area (Å²) < 4.78 is 5.53. The number of carbonyl (C=O) groups excluding carboxylic acids is 1. The Morgan fingerprint density at radius 3 is 2.04 bits per heavy atom. The summed E-state index contributed by atoms with van der Waals surface area (Å²) in [5.74, 6) is 0.594. The second-order valence-corrected chi connectivity index (χ2v) is 9.03. The van der Waals surface area contributed by atoms with Crippen LogP contribution in [-0.4, -0.2) is 6.09 Å². The van der Waals surface area contributed by atoms with Gasteiger partial charge < -0.3 is 4.74 Å². The molecule has 0 aliphatic carbocycles. The summed E-state index contributed by atoms with van der Waals surface area (Å²) in [6, 6.07) is 6.13. The van der Waals surface area contributed by atoms with E-state index in [1.807, 2.05) is 18.2 Å². The number of hydrogen-bond donors (Lipinski definition) is 1. The highest BCUT2D eigenvalue weighted by Crippen LogP contribution is 2.32. The molecule has 1 aromatic rings. The Morgan fingerprint density at radius 2 is 1.54 bits per heavy atom. The smallest absolute Gasteiger partial charge is 0.410 e. The minimum Gasteiger partial charge on any atom is -0.410 e. The monoisotopic (exact) mass is 359 g/mol. The Bertz CT molecular complexity index is 571. The third-order valence-corrected chi connectivity index (χ3v) is 4.39. The average Bonchev–Trinajstić information content (AvgIpc) is 2.52. The highest BCUT2D eigenvalue weighted by molar-refractivity contribution is 5.71. The van der Waals surface area contributed by atoms with Crippen LogP contribution < -0.4 is 10.1 Å². The van der Waals surface area contributed by atoms with Crippen LogP contribution in [0.2, 0.25) is 0 Å². The van der Waals surface area contributed by atoms with Gasteiger partial charge in [-0.15, -0.1) is 0 Å². The lowest BCUT2D eigenvalue weighted by Crippen LogP contribution is -2.22. The molecular weight excluding hydrogens is 322 g/mol. The number of amides is 1. The van der Waals surface area contributed by atoms with Crippen molar-refractivity contribution in [3.63, 3.8) is 0 Å². The van der Waals surface area contributed by atoms with Gasteiger partial charge in [-0.2, -0.15) is 0 Å². The minimum atomic E-state index is -0.444. The summed E-state index contributed by atoms with van der Waals surface area (Å²) in [4.78, 5) is 12.1. The molecule has 146 valence electrons. The van der Waals surface area contributed by atoms with Crippen molar-refractivity contribution in [3.8, 4) is 5.75 Å². The molecule has 1 N–H and O–H groups in total. The number of nitrogens with one attached hydrogen (secondary N) is 1. The molecule has 0 fully saturated rings. The SMILES string of the molecule is CCCCCCC=CNC(=O)Oc1cc(C(C)(C)C)cc(C(C)(C)C)c1. The molecule has 1 aromatic carbocycles. The fraction of sp³-hybridized carbons (Fsp3) is 0.609. The van der Waals surface area contributed by atoms with Gasteiger partial charge in [0, 0.05) is 6.20 Å². The topological polar surface area (TPSA) is 38.3 Å². The number of unbranched alkanes of at least 4 members (excludes halogenated alkanes) is 4. The Morgan fingerprint density at radius 1 is 0.962 bits per heavy atom. The molecule has 0 atom stereocenters. The summed E-state index contributed by atoms with van der Waals surface area (Å²) >= 11 is 0. The van der Waals surface area contributed by atoms with Gasteiger partial charge in [0.1, 0.15) is 5.75 Å². The Hall–Kier alpha value is -1.77. The maximum atomic E-state index is 12.1. The van der Waals surface area contributed by atoms with E-state index in [9.17, 15) is 4.79 Å². The van der Waals surface area contributed by atoms with Crippen molar-refractivity contribution in [1.82, 2.24) is 5.32 Å². The summed E-state index contributed by atoms with van der Waals surface area (Å²) in [6.45, 7) is 15.2. The normalized spacial score (nSPS) is 12.4. The van der Waals surface area contributed by atoms with Gasteiger partial charge in [-0.1, -0.05) is 79.9 Å². The molecule has 0 heterocycles. The second kappa shape index (κ2) is 9.80. The second-order valence-electron chi connectivity index (χ2n) is 9.03. The average molecular weight is 360 g/mol. The summed E-state index contributed by atoms with van der Waals surface area (Å²) in [6.07, 6.45) is 9.11. The predicted molar refractivity (Wildman–Crippen MR) is 111 cm³/mol. The first-order valence-corrected chi connectivity index (χ1v) is 9.83. The van der Waals surface area contributed by atoms with Crippen molar-refractivity contribution in [1.29, 1.82) is 0 Å². The molecule has 0 unspecified atom stereocenters. The zero-order valence-electron chi connectivity index (χ0n) is 17.7. The quantitative estimate of drug-likeness (QED) is 0.540. The predicted octanol–water partition coefficient (Wildman–Crippen LogP) is 6.85. The van der Waals surface area contributed by atoms with Crippen molar-refractivity contribution in [2.75, 3.05) is 0 Å². The van der Waals surface area contributed by atoms with E-state index < -0.39 is 6.09 Å². The van der Waals surface area contributed by atoms with Crippen LogP contribution in [0.1, 0.15) is 91.7 Å². The van der Waals surface area contributed by atoms with Crippen molar-refractivity contribution in [2.24, 2.45) is 0 Å². The molecule has 0 aliphatic rings. The Balaban J connectivity index is 2.73. The first kappa shape index (κ1) is 22.3. The molecule has 0 aliphatic heterocycles.